The third-order valence-corrected chi connectivity index (χ3v) is 5.67. The first kappa shape index (κ1) is 19.6. The van der Waals surface area contributed by atoms with Crippen LogP contribution in [0.25, 0.3) is 0 Å². The van der Waals surface area contributed by atoms with Gasteiger partial charge in [0.1, 0.15) is 11.4 Å². The number of hydrogen-bond donors (Lipinski definition) is 0. The van der Waals surface area contributed by atoms with Crippen molar-refractivity contribution in [2.24, 2.45) is 0 Å². The van der Waals surface area contributed by atoms with E-state index in [0.29, 0.717) is 0 Å². The summed E-state index contributed by atoms with van der Waals surface area (Å²) in [6.07, 6.45) is 0. The molecule has 0 unspecified atom stereocenters. The van der Waals surface area contributed by atoms with Crippen molar-refractivity contribution in [1.29, 1.82) is 0 Å². The summed E-state index contributed by atoms with van der Waals surface area (Å²) < 4.78 is 5.95. The molecule has 0 aromatic heterocycles. The van der Waals surface area contributed by atoms with Crippen molar-refractivity contribution in [2.45, 2.75) is 41.1 Å². The number of ether oxygens (including phenoxy) is 1. The first-order valence-electron chi connectivity index (χ1n) is 8.16. The van der Waals surface area contributed by atoms with Gasteiger partial charge in [-0.15, -0.1) is 0 Å². The Balaban J connectivity index is 0.00000225. The predicted molar refractivity (Wildman–Crippen MR) is 102 cm³/mol. The van der Waals surface area contributed by atoms with Gasteiger partial charge in [-0.05, 0) is 69.3 Å². The molecule has 25 heavy (non-hydrogen) atoms. The fourth-order valence-corrected chi connectivity index (χ4v) is 4.60. The quantitative estimate of drug-likeness (QED) is 0.596. The highest BCUT2D eigenvalue weighted by molar-refractivity contribution is 7.97. The van der Waals surface area contributed by atoms with Gasteiger partial charge < -0.3 is 21.7 Å². The Morgan fingerprint density at radius 3 is 1.40 bits per heavy atom. The highest BCUT2D eigenvalue weighted by Gasteiger charge is 2.28. The molecule has 3 aromatic rings. The second-order valence-corrected chi connectivity index (χ2v) is 8.64. The topological polar surface area (TPSA) is 9.23 Å². The molecule has 0 spiro atoms. The highest BCUT2D eigenvalue weighted by atomic mass is 79.9. The zero-order valence-corrected chi connectivity index (χ0v) is 17.2. The van der Waals surface area contributed by atoms with Crippen molar-refractivity contribution in [2.75, 3.05) is 0 Å². The molecule has 0 heterocycles. The van der Waals surface area contributed by atoms with Gasteiger partial charge in [-0.2, -0.15) is 0 Å². The van der Waals surface area contributed by atoms with E-state index in [2.05, 4.69) is 106 Å². The molecule has 1 nitrogen and oxygen atoms in total. The minimum absolute atomic E-state index is 0. The van der Waals surface area contributed by atoms with Gasteiger partial charge in [0.15, 0.2) is 14.7 Å². The van der Waals surface area contributed by atoms with Crippen LogP contribution in [0.3, 0.4) is 0 Å². The highest BCUT2D eigenvalue weighted by Crippen LogP contribution is 2.32. The summed E-state index contributed by atoms with van der Waals surface area (Å²) in [6, 6.07) is 29.9. The van der Waals surface area contributed by atoms with Crippen molar-refractivity contribution >= 4 is 10.9 Å². The van der Waals surface area contributed by atoms with Gasteiger partial charge in [0.2, 0.25) is 0 Å². The van der Waals surface area contributed by atoms with Crippen LogP contribution in [0.1, 0.15) is 20.8 Å². The van der Waals surface area contributed by atoms with Crippen molar-refractivity contribution in [3.8, 4) is 5.75 Å². The Morgan fingerprint density at radius 2 is 1.00 bits per heavy atom. The Kier molecular flexibility index (Phi) is 6.74. The summed E-state index contributed by atoms with van der Waals surface area (Å²) >= 11 is 0. The largest absolute Gasteiger partial charge is 1.00 e. The molecule has 3 rings (SSSR count). The summed E-state index contributed by atoms with van der Waals surface area (Å²) in [4.78, 5) is 3.95. The lowest BCUT2D eigenvalue weighted by Gasteiger charge is -2.21. The smallest absolute Gasteiger partial charge is 0.166 e. The monoisotopic (exact) mass is 414 g/mol. The van der Waals surface area contributed by atoms with Gasteiger partial charge >= 0.3 is 0 Å². The Hall–Kier alpha value is -1.71. The summed E-state index contributed by atoms with van der Waals surface area (Å²) in [6.45, 7) is 6.21. The van der Waals surface area contributed by atoms with Gasteiger partial charge in [-0.3, -0.25) is 0 Å². The van der Waals surface area contributed by atoms with E-state index in [1.807, 2.05) is 0 Å². The molecular weight excluding hydrogens is 392 g/mol. The Morgan fingerprint density at radius 1 is 0.600 bits per heavy atom. The zero-order chi connectivity index (χ0) is 17.0. The molecule has 0 bridgehead atoms. The lowest BCUT2D eigenvalue weighted by Crippen LogP contribution is -3.00. The minimum atomic E-state index is -0.179. The molecule has 0 N–H and O–H groups in total. The molecule has 0 atom stereocenters. The van der Waals surface area contributed by atoms with Gasteiger partial charge in [0.25, 0.3) is 0 Å². The molecule has 0 saturated carbocycles. The normalized spacial score (nSPS) is 11.0. The van der Waals surface area contributed by atoms with Crippen LogP contribution in [0.15, 0.2) is 99.6 Å². The molecule has 0 radical (unpaired) electrons. The van der Waals surface area contributed by atoms with E-state index in [4.69, 9.17) is 4.74 Å². The maximum atomic E-state index is 5.95. The van der Waals surface area contributed by atoms with Gasteiger partial charge in [-0.1, -0.05) is 36.4 Å². The van der Waals surface area contributed by atoms with Gasteiger partial charge in [0, 0.05) is 0 Å². The number of rotatable bonds is 4. The molecule has 0 saturated heterocycles. The van der Waals surface area contributed by atoms with Crippen molar-refractivity contribution in [3.05, 3.63) is 84.9 Å². The number of halogens is 1. The lowest BCUT2D eigenvalue weighted by molar-refractivity contribution is -0.00000871. The average molecular weight is 415 g/mol. The van der Waals surface area contributed by atoms with Crippen LogP contribution >= 0.6 is 0 Å². The summed E-state index contributed by atoms with van der Waals surface area (Å²) in [5.74, 6) is 0.913. The molecule has 0 fully saturated rings. The van der Waals surface area contributed by atoms with Crippen LogP contribution in [0.4, 0.5) is 0 Å². The van der Waals surface area contributed by atoms with Crippen LogP contribution in [0.2, 0.25) is 0 Å². The van der Waals surface area contributed by atoms with E-state index in [1.54, 1.807) is 0 Å². The van der Waals surface area contributed by atoms with Gasteiger partial charge in [0.05, 0.1) is 10.9 Å². The standard InChI is InChI=1S/C22H23OS.BrH/c1-22(2,3)23-18-14-16-21(17-15-18)24(19-10-6-4-7-11-19)20-12-8-5-9-13-20;/h4-17H,1-3H3;1H/q+1;/p-1. The predicted octanol–water partition coefficient (Wildman–Crippen LogP) is 2.96. The maximum Gasteiger partial charge on any atom is 0.166 e. The van der Waals surface area contributed by atoms with E-state index in [-0.39, 0.29) is 33.5 Å². The molecule has 0 aliphatic carbocycles. The van der Waals surface area contributed by atoms with E-state index in [0.717, 1.165) is 5.75 Å². The zero-order valence-electron chi connectivity index (χ0n) is 14.8. The molecule has 0 amide bonds. The molecule has 0 aliphatic heterocycles. The molecular formula is C22H23BrOS. The number of hydrogen-bond acceptors (Lipinski definition) is 1. The van der Waals surface area contributed by atoms with Crippen LogP contribution in [-0.4, -0.2) is 5.60 Å². The van der Waals surface area contributed by atoms with Crippen molar-refractivity contribution in [1.82, 2.24) is 0 Å². The van der Waals surface area contributed by atoms with Crippen molar-refractivity contribution in [3.63, 3.8) is 0 Å². The molecule has 3 aromatic carbocycles. The lowest BCUT2D eigenvalue weighted by atomic mass is 10.2. The SMILES string of the molecule is CC(C)(C)Oc1ccc([S+](c2ccccc2)c2ccccc2)cc1.[Br-]. The molecule has 3 heteroatoms. The fourth-order valence-electron chi connectivity index (χ4n) is 2.52. The Labute approximate surface area is 164 Å². The Bertz CT molecular complexity index is 725. The van der Waals surface area contributed by atoms with Crippen LogP contribution in [-0.2, 0) is 10.9 Å². The average Bonchev–Trinajstić information content (AvgIpc) is 2.57. The van der Waals surface area contributed by atoms with E-state index in [9.17, 15) is 0 Å². The summed E-state index contributed by atoms with van der Waals surface area (Å²) in [5.41, 5.74) is -0.179. The third kappa shape index (κ3) is 5.38. The first-order valence-corrected chi connectivity index (χ1v) is 9.39. The summed E-state index contributed by atoms with van der Waals surface area (Å²) in [5, 5.41) is 0. The van der Waals surface area contributed by atoms with Gasteiger partial charge in [-0.25, -0.2) is 0 Å². The maximum absolute atomic E-state index is 5.95. The molecule has 130 valence electrons. The van der Waals surface area contributed by atoms with Crippen LogP contribution in [0, 0.1) is 0 Å². The van der Waals surface area contributed by atoms with E-state index < -0.39 is 0 Å². The second kappa shape index (κ2) is 8.59. The summed E-state index contributed by atoms with van der Waals surface area (Å²) in [7, 11) is -0.102. The first-order chi connectivity index (χ1) is 11.5. The van der Waals surface area contributed by atoms with Crippen molar-refractivity contribution < 1.29 is 21.7 Å². The molecule has 0 aliphatic rings. The van der Waals surface area contributed by atoms with E-state index >= 15 is 0 Å². The second-order valence-electron chi connectivity index (χ2n) is 6.62. The number of benzene rings is 3. The van der Waals surface area contributed by atoms with E-state index in [1.165, 1.54) is 14.7 Å². The minimum Gasteiger partial charge on any atom is -1.00 e. The van der Waals surface area contributed by atoms with Crippen LogP contribution in [0.5, 0.6) is 5.75 Å². The fraction of sp³-hybridized carbons (Fsp3) is 0.182. The van der Waals surface area contributed by atoms with Crippen LogP contribution < -0.4 is 21.7 Å². The third-order valence-electron chi connectivity index (χ3n) is 3.44.